The lowest BCUT2D eigenvalue weighted by Crippen LogP contribution is -2.38. The maximum atomic E-state index is 6.32. The molecule has 1 aromatic carbocycles. The van der Waals surface area contributed by atoms with Crippen LogP contribution in [-0.2, 0) is 13.1 Å². The summed E-state index contributed by atoms with van der Waals surface area (Å²) in [5.74, 6) is 2.43. The molecule has 1 heterocycles. The van der Waals surface area contributed by atoms with Gasteiger partial charge in [-0.2, -0.15) is 0 Å². The van der Waals surface area contributed by atoms with E-state index >= 15 is 0 Å². The van der Waals surface area contributed by atoms with Crippen LogP contribution in [0, 0.1) is 0 Å². The average Bonchev–Trinajstić information content (AvgIpc) is 3.44. The van der Waals surface area contributed by atoms with Crippen molar-refractivity contribution in [1.82, 2.24) is 20.2 Å². The fraction of sp³-hybridized carbons (Fsp3) is 0.545. The van der Waals surface area contributed by atoms with Gasteiger partial charge in [-0.1, -0.05) is 12.1 Å². The number of benzene rings is 1. The van der Waals surface area contributed by atoms with Gasteiger partial charge in [-0.05, 0) is 45.1 Å². The lowest BCUT2D eigenvalue weighted by Gasteiger charge is -2.19. The third kappa shape index (κ3) is 7.37. The number of aliphatic imine (C=N–C) groups is 1. The Kier molecular flexibility index (Phi) is 10.8. The summed E-state index contributed by atoms with van der Waals surface area (Å²) in [4.78, 5) is 8.84. The zero-order valence-electron chi connectivity index (χ0n) is 18.0. The summed E-state index contributed by atoms with van der Waals surface area (Å²) in [6.07, 6.45) is 11.6. The number of methoxy groups -OCH3 is 1. The lowest BCUT2D eigenvalue weighted by atomic mass is 10.1. The molecule has 0 aliphatic heterocycles. The number of aryl methyl sites for hydroxylation is 1. The quantitative estimate of drug-likeness (QED) is 0.212. The molecule has 8 heteroatoms. The summed E-state index contributed by atoms with van der Waals surface area (Å²) in [5.41, 5.74) is 1.05. The minimum absolute atomic E-state index is 0. The standard InChI is InChI=1S/C22H33N5O2.HI/c1-3-24-22(25-12-7-14-27-15-13-23-17-27)26-16-18-8-6-11-20(28-2)21(18)29-19-9-4-5-10-19;/h6,8,11,13,15,17,19H,3-5,7,9-10,12,14,16H2,1-2H3,(H2,24,25,26);1H. The van der Waals surface area contributed by atoms with Gasteiger partial charge in [-0.15, -0.1) is 24.0 Å². The number of guanidine groups is 1. The van der Waals surface area contributed by atoms with Gasteiger partial charge in [0.05, 0.1) is 26.1 Å². The highest BCUT2D eigenvalue weighted by atomic mass is 127. The monoisotopic (exact) mass is 527 g/mol. The second-order valence-corrected chi connectivity index (χ2v) is 7.25. The van der Waals surface area contributed by atoms with E-state index in [2.05, 4.69) is 33.2 Å². The maximum absolute atomic E-state index is 6.32. The van der Waals surface area contributed by atoms with Crippen LogP contribution < -0.4 is 20.1 Å². The van der Waals surface area contributed by atoms with Crippen LogP contribution >= 0.6 is 24.0 Å². The normalized spacial score (nSPS) is 14.3. The molecule has 1 aliphatic carbocycles. The van der Waals surface area contributed by atoms with Crippen molar-refractivity contribution in [1.29, 1.82) is 0 Å². The van der Waals surface area contributed by atoms with Gasteiger partial charge in [0, 0.05) is 37.6 Å². The molecule has 166 valence electrons. The Bertz CT molecular complexity index is 761. The summed E-state index contributed by atoms with van der Waals surface area (Å²) in [7, 11) is 1.69. The molecule has 0 unspecified atom stereocenters. The predicted molar refractivity (Wildman–Crippen MR) is 131 cm³/mol. The van der Waals surface area contributed by atoms with Crippen LogP contribution in [0.5, 0.6) is 11.5 Å². The molecule has 0 spiro atoms. The molecular weight excluding hydrogens is 493 g/mol. The van der Waals surface area contributed by atoms with Crippen LogP contribution in [0.1, 0.15) is 44.6 Å². The molecule has 1 saturated carbocycles. The molecule has 0 amide bonds. The molecule has 1 aromatic heterocycles. The van der Waals surface area contributed by atoms with Gasteiger partial charge in [0.15, 0.2) is 17.5 Å². The van der Waals surface area contributed by atoms with E-state index in [1.54, 1.807) is 13.3 Å². The molecular formula is C22H34IN5O2. The third-order valence-electron chi connectivity index (χ3n) is 5.06. The molecule has 2 aromatic rings. The Balaban J connectivity index is 0.00000320. The van der Waals surface area contributed by atoms with Gasteiger partial charge in [0.2, 0.25) is 0 Å². The van der Waals surface area contributed by atoms with Crippen molar-refractivity contribution in [2.45, 2.75) is 58.2 Å². The molecule has 2 N–H and O–H groups in total. The van der Waals surface area contributed by atoms with E-state index in [1.807, 2.05) is 24.7 Å². The summed E-state index contributed by atoms with van der Waals surface area (Å²) in [5, 5.41) is 6.72. The molecule has 1 aliphatic rings. The van der Waals surface area contributed by atoms with Crippen molar-refractivity contribution in [3.63, 3.8) is 0 Å². The van der Waals surface area contributed by atoms with Crippen molar-refractivity contribution < 1.29 is 9.47 Å². The Hall–Kier alpha value is -1.97. The highest BCUT2D eigenvalue weighted by Crippen LogP contribution is 2.35. The van der Waals surface area contributed by atoms with E-state index in [1.165, 1.54) is 12.8 Å². The van der Waals surface area contributed by atoms with E-state index in [4.69, 9.17) is 14.5 Å². The number of rotatable bonds is 10. The number of ether oxygens (including phenoxy) is 2. The van der Waals surface area contributed by atoms with E-state index < -0.39 is 0 Å². The second kappa shape index (κ2) is 13.4. The number of halogens is 1. The number of hydrogen-bond donors (Lipinski definition) is 2. The van der Waals surface area contributed by atoms with Gasteiger partial charge in [-0.25, -0.2) is 9.98 Å². The first kappa shape index (κ1) is 24.3. The summed E-state index contributed by atoms with van der Waals surface area (Å²) in [6.45, 7) is 5.20. The molecule has 7 nitrogen and oxygen atoms in total. The number of nitrogens with zero attached hydrogens (tertiary/aromatic N) is 3. The second-order valence-electron chi connectivity index (χ2n) is 7.25. The molecule has 1 fully saturated rings. The minimum atomic E-state index is 0. The zero-order chi connectivity index (χ0) is 20.3. The molecule has 0 bridgehead atoms. The summed E-state index contributed by atoms with van der Waals surface area (Å²) >= 11 is 0. The van der Waals surface area contributed by atoms with Crippen LogP contribution in [0.4, 0.5) is 0 Å². The van der Waals surface area contributed by atoms with E-state index in [0.717, 1.165) is 61.9 Å². The molecule has 0 radical (unpaired) electrons. The predicted octanol–water partition coefficient (Wildman–Crippen LogP) is 3.98. The van der Waals surface area contributed by atoms with Gasteiger partial charge in [0.25, 0.3) is 0 Å². The van der Waals surface area contributed by atoms with Crippen LogP contribution in [0.25, 0.3) is 0 Å². The van der Waals surface area contributed by atoms with E-state index in [-0.39, 0.29) is 30.1 Å². The Morgan fingerprint density at radius 3 is 2.80 bits per heavy atom. The number of hydrogen-bond acceptors (Lipinski definition) is 4. The van der Waals surface area contributed by atoms with Gasteiger partial charge in [-0.3, -0.25) is 0 Å². The van der Waals surface area contributed by atoms with Gasteiger partial charge < -0.3 is 24.7 Å². The Morgan fingerprint density at radius 1 is 1.27 bits per heavy atom. The van der Waals surface area contributed by atoms with E-state index in [0.29, 0.717) is 6.54 Å². The molecule has 0 saturated heterocycles. The van der Waals surface area contributed by atoms with Crippen LogP contribution in [0.3, 0.4) is 0 Å². The highest BCUT2D eigenvalue weighted by Gasteiger charge is 2.20. The fourth-order valence-corrected chi connectivity index (χ4v) is 3.55. The first-order chi connectivity index (χ1) is 14.3. The third-order valence-corrected chi connectivity index (χ3v) is 5.06. The largest absolute Gasteiger partial charge is 0.493 e. The SMILES string of the molecule is CCNC(=NCc1cccc(OC)c1OC1CCCC1)NCCCn1ccnc1.I. The average molecular weight is 527 g/mol. The highest BCUT2D eigenvalue weighted by molar-refractivity contribution is 14.0. The Morgan fingerprint density at radius 2 is 2.10 bits per heavy atom. The van der Waals surface area contributed by atoms with E-state index in [9.17, 15) is 0 Å². The lowest BCUT2D eigenvalue weighted by molar-refractivity contribution is 0.198. The molecule has 30 heavy (non-hydrogen) atoms. The first-order valence-electron chi connectivity index (χ1n) is 10.6. The number of nitrogens with one attached hydrogen (secondary N) is 2. The number of imidazole rings is 1. The van der Waals surface area contributed by atoms with Crippen molar-refractivity contribution in [3.8, 4) is 11.5 Å². The van der Waals surface area contributed by atoms with Crippen molar-refractivity contribution in [2.24, 2.45) is 4.99 Å². The fourth-order valence-electron chi connectivity index (χ4n) is 3.55. The summed E-state index contributed by atoms with van der Waals surface area (Å²) < 4.78 is 13.9. The van der Waals surface area contributed by atoms with Crippen molar-refractivity contribution >= 4 is 29.9 Å². The van der Waals surface area contributed by atoms with Crippen LogP contribution in [0.15, 0.2) is 41.9 Å². The minimum Gasteiger partial charge on any atom is -0.493 e. The number of aromatic nitrogens is 2. The molecule has 0 atom stereocenters. The van der Waals surface area contributed by atoms with Crippen LogP contribution in [-0.4, -0.2) is 41.8 Å². The van der Waals surface area contributed by atoms with Crippen LogP contribution in [0.2, 0.25) is 0 Å². The van der Waals surface area contributed by atoms with Gasteiger partial charge >= 0.3 is 0 Å². The van der Waals surface area contributed by atoms with Crippen molar-refractivity contribution in [2.75, 3.05) is 20.2 Å². The maximum Gasteiger partial charge on any atom is 0.191 e. The Labute approximate surface area is 196 Å². The summed E-state index contributed by atoms with van der Waals surface area (Å²) in [6, 6.07) is 6.02. The zero-order valence-corrected chi connectivity index (χ0v) is 20.3. The molecule has 3 rings (SSSR count). The van der Waals surface area contributed by atoms with Gasteiger partial charge in [0.1, 0.15) is 0 Å². The topological polar surface area (TPSA) is 72.7 Å². The first-order valence-corrected chi connectivity index (χ1v) is 10.6. The number of para-hydroxylation sites is 1. The smallest absolute Gasteiger partial charge is 0.191 e. The van der Waals surface area contributed by atoms with Crippen molar-refractivity contribution in [3.05, 3.63) is 42.5 Å².